The van der Waals surface area contributed by atoms with Crippen LogP contribution in [0.2, 0.25) is 0 Å². The lowest BCUT2D eigenvalue weighted by Gasteiger charge is -2.26. The Labute approximate surface area is 82.0 Å². The highest BCUT2D eigenvalue weighted by molar-refractivity contribution is 7.63. The van der Waals surface area contributed by atoms with Gasteiger partial charge in [0.15, 0.2) is 0 Å². The molecule has 0 N–H and O–H groups in total. The average molecular weight is 200 g/mol. The van der Waals surface area contributed by atoms with E-state index >= 15 is 0 Å². The van der Waals surface area contributed by atoms with Crippen molar-refractivity contribution in [2.24, 2.45) is 5.92 Å². The Kier molecular flexibility index (Phi) is 3.40. The average Bonchev–Trinajstić information content (AvgIpc) is 2.03. The summed E-state index contributed by atoms with van der Waals surface area (Å²) < 4.78 is 11.8. The van der Waals surface area contributed by atoms with E-state index in [-0.39, 0.29) is 0 Å². The normalized spacial score (nSPS) is 24.7. The van der Waals surface area contributed by atoms with Crippen LogP contribution >= 0.6 is 7.14 Å². The molecule has 13 heavy (non-hydrogen) atoms. The molecular formula is C11H21OP. The Bertz CT molecular complexity index is 247. The highest BCUT2D eigenvalue weighted by Gasteiger charge is 2.25. The van der Waals surface area contributed by atoms with Gasteiger partial charge in [0, 0.05) is 5.66 Å². The van der Waals surface area contributed by atoms with Gasteiger partial charge in [-0.2, -0.15) is 0 Å². The molecule has 0 radical (unpaired) electrons. The molecule has 0 spiro atoms. The quantitative estimate of drug-likeness (QED) is 0.490. The van der Waals surface area contributed by atoms with E-state index in [1.165, 1.54) is 0 Å². The molecule has 1 rings (SSSR count). The lowest BCUT2D eigenvalue weighted by molar-refractivity contribution is 0.553. The molecule has 0 bridgehead atoms. The highest BCUT2D eigenvalue weighted by Crippen LogP contribution is 2.48. The molecule has 0 saturated carbocycles. The first kappa shape index (κ1) is 11.0. The second kappa shape index (κ2) is 4.00. The zero-order valence-electron chi connectivity index (χ0n) is 9.21. The van der Waals surface area contributed by atoms with Crippen LogP contribution in [0.25, 0.3) is 0 Å². The number of allylic oxidation sites excluding steroid dienone is 2. The van der Waals surface area contributed by atoms with E-state index in [1.807, 2.05) is 13.3 Å². The largest absolute Gasteiger partial charge is 0.324 e. The van der Waals surface area contributed by atoms with Gasteiger partial charge in [0.1, 0.15) is 0 Å². The van der Waals surface area contributed by atoms with Crippen LogP contribution in [-0.2, 0) is 4.57 Å². The zero-order chi connectivity index (χ0) is 10.1. The number of hydrogen-bond donors (Lipinski definition) is 0. The SMILES string of the molecule is CC(C)C1=CCC(P(C)(C)=O)CC1. The van der Waals surface area contributed by atoms with Gasteiger partial charge in [0.2, 0.25) is 0 Å². The molecule has 1 aliphatic rings. The maximum Gasteiger partial charge on any atom is 0.0851 e. The van der Waals surface area contributed by atoms with Gasteiger partial charge in [-0.25, -0.2) is 0 Å². The molecule has 2 heteroatoms. The second-order valence-electron chi connectivity index (χ2n) is 4.80. The molecule has 0 aliphatic heterocycles. The maximum absolute atomic E-state index is 11.8. The lowest BCUT2D eigenvalue weighted by Crippen LogP contribution is -2.13. The standard InChI is InChI=1S/C11H21OP/c1-9(2)10-5-7-11(8-6-10)13(3,4)12/h5,9,11H,6-8H2,1-4H3. The van der Waals surface area contributed by atoms with Crippen molar-refractivity contribution in [2.45, 2.75) is 38.8 Å². The number of rotatable bonds is 2. The monoisotopic (exact) mass is 200 g/mol. The first-order valence-corrected chi connectivity index (χ1v) is 7.82. The Balaban J connectivity index is 2.62. The van der Waals surface area contributed by atoms with Crippen molar-refractivity contribution < 1.29 is 4.57 Å². The van der Waals surface area contributed by atoms with Crippen LogP contribution in [0.1, 0.15) is 33.1 Å². The van der Waals surface area contributed by atoms with Crippen molar-refractivity contribution in [1.82, 2.24) is 0 Å². The summed E-state index contributed by atoms with van der Waals surface area (Å²) in [4.78, 5) is 0. The van der Waals surface area contributed by atoms with Gasteiger partial charge in [-0.15, -0.1) is 0 Å². The molecule has 1 unspecified atom stereocenters. The molecule has 0 aromatic rings. The van der Waals surface area contributed by atoms with Gasteiger partial charge in [0.25, 0.3) is 0 Å². The van der Waals surface area contributed by atoms with Crippen molar-refractivity contribution in [3.8, 4) is 0 Å². The van der Waals surface area contributed by atoms with E-state index in [2.05, 4.69) is 19.9 Å². The van der Waals surface area contributed by atoms with E-state index in [1.54, 1.807) is 5.57 Å². The fourth-order valence-corrected chi connectivity index (χ4v) is 3.29. The summed E-state index contributed by atoms with van der Waals surface area (Å²) in [7, 11) is -1.84. The van der Waals surface area contributed by atoms with Gasteiger partial charge in [-0.1, -0.05) is 25.5 Å². The highest BCUT2D eigenvalue weighted by atomic mass is 31.2. The molecule has 0 saturated heterocycles. The van der Waals surface area contributed by atoms with Gasteiger partial charge >= 0.3 is 0 Å². The van der Waals surface area contributed by atoms with Crippen molar-refractivity contribution in [2.75, 3.05) is 13.3 Å². The summed E-state index contributed by atoms with van der Waals surface area (Å²) in [6, 6.07) is 0. The van der Waals surface area contributed by atoms with Crippen LogP contribution in [0.4, 0.5) is 0 Å². The first-order chi connectivity index (χ1) is 5.91. The maximum atomic E-state index is 11.8. The minimum absolute atomic E-state index is 0.454. The Morgan fingerprint density at radius 3 is 2.38 bits per heavy atom. The molecule has 0 heterocycles. The first-order valence-electron chi connectivity index (χ1n) is 5.15. The van der Waals surface area contributed by atoms with E-state index in [0.717, 1.165) is 19.3 Å². The van der Waals surface area contributed by atoms with Crippen LogP contribution in [0, 0.1) is 5.92 Å². The molecule has 1 aliphatic carbocycles. The molecule has 1 atom stereocenters. The van der Waals surface area contributed by atoms with E-state index in [0.29, 0.717) is 11.6 Å². The van der Waals surface area contributed by atoms with Gasteiger partial charge in [-0.05, 0) is 38.5 Å². The fraction of sp³-hybridized carbons (Fsp3) is 0.818. The van der Waals surface area contributed by atoms with Crippen LogP contribution in [0.15, 0.2) is 11.6 Å². The summed E-state index contributed by atoms with van der Waals surface area (Å²) in [5, 5.41) is 0. The lowest BCUT2D eigenvalue weighted by atomic mass is 9.91. The zero-order valence-corrected chi connectivity index (χ0v) is 10.1. The summed E-state index contributed by atoms with van der Waals surface area (Å²) >= 11 is 0. The fourth-order valence-electron chi connectivity index (χ4n) is 1.93. The Hall–Kier alpha value is -0.0300. The molecular weight excluding hydrogens is 179 g/mol. The molecule has 76 valence electrons. The van der Waals surface area contributed by atoms with E-state index < -0.39 is 7.14 Å². The van der Waals surface area contributed by atoms with Gasteiger partial charge in [0.05, 0.1) is 7.14 Å². The molecule has 0 amide bonds. The third kappa shape index (κ3) is 2.98. The van der Waals surface area contributed by atoms with Gasteiger partial charge < -0.3 is 4.57 Å². The van der Waals surface area contributed by atoms with E-state index in [9.17, 15) is 4.57 Å². The van der Waals surface area contributed by atoms with Crippen molar-refractivity contribution >= 4 is 7.14 Å². The summed E-state index contributed by atoms with van der Waals surface area (Å²) in [6.45, 7) is 8.32. The third-order valence-corrected chi connectivity index (χ3v) is 5.27. The minimum atomic E-state index is -1.84. The summed E-state index contributed by atoms with van der Waals surface area (Å²) in [6.07, 6.45) is 5.65. The summed E-state index contributed by atoms with van der Waals surface area (Å²) in [5.41, 5.74) is 2.01. The molecule has 0 fully saturated rings. The van der Waals surface area contributed by atoms with Crippen LogP contribution < -0.4 is 0 Å². The van der Waals surface area contributed by atoms with Crippen LogP contribution in [0.5, 0.6) is 0 Å². The van der Waals surface area contributed by atoms with Crippen LogP contribution in [-0.4, -0.2) is 19.0 Å². The Morgan fingerprint density at radius 1 is 1.46 bits per heavy atom. The third-order valence-electron chi connectivity index (χ3n) is 3.04. The van der Waals surface area contributed by atoms with Crippen LogP contribution in [0.3, 0.4) is 0 Å². The molecule has 0 aromatic carbocycles. The van der Waals surface area contributed by atoms with E-state index in [4.69, 9.17) is 0 Å². The van der Waals surface area contributed by atoms with Crippen molar-refractivity contribution in [1.29, 1.82) is 0 Å². The summed E-state index contributed by atoms with van der Waals surface area (Å²) in [5.74, 6) is 0.675. The second-order valence-corrected chi connectivity index (χ2v) is 8.39. The predicted octanol–water partition coefficient (Wildman–Crippen LogP) is 3.74. The molecule has 0 aromatic heterocycles. The smallest absolute Gasteiger partial charge is 0.0851 e. The van der Waals surface area contributed by atoms with Gasteiger partial charge in [-0.3, -0.25) is 0 Å². The topological polar surface area (TPSA) is 17.1 Å². The predicted molar refractivity (Wildman–Crippen MR) is 60.0 cm³/mol. The minimum Gasteiger partial charge on any atom is -0.324 e. The molecule has 1 nitrogen and oxygen atoms in total. The van der Waals surface area contributed by atoms with Crippen molar-refractivity contribution in [3.63, 3.8) is 0 Å². The Morgan fingerprint density at radius 2 is 2.08 bits per heavy atom. The number of hydrogen-bond acceptors (Lipinski definition) is 1. The van der Waals surface area contributed by atoms with Crippen molar-refractivity contribution in [3.05, 3.63) is 11.6 Å².